The second-order valence-electron chi connectivity index (χ2n) is 4.79. The SMILES string of the molecule is Cc1ccc(CO)cc1S(=O)(=O)NC1CCCOC1. The number of aryl methyl sites for hydroxylation is 1. The Balaban J connectivity index is 2.23. The summed E-state index contributed by atoms with van der Waals surface area (Å²) in [4.78, 5) is 0.227. The van der Waals surface area contributed by atoms with Crippen molar-refractivity contribution in [1.29, 1.82) is 0 Å². The van der Waals surface area contributed by atoms with Crippen LogP contribution >= 0.6 is 0 Å². The third-order valence-electron chi connectivity index (χ3n) is 3.21. The van der Waals surface area contributed by atoms with E-state index in [1.54, 1.807) is 19.1 Å². The lowest BCUT2D eigenvalue weighted by atomic mass is 10.1. The zero-order chi connectivity index (χ0) is 13.9. The molecule has 5 nitrogen and oxygen atoms in total. The fourth-order valence-electron chi connectivity index (χ4n) is 2.15. The van der Waals surface area contributed by atoms with Gasteiger partial charge >= 0.3 is 0 Å². The van der Waals surface area contributed by atoms with E-state index in [0.29, 0.717) is 24.3 Å². The maximum atomic E-state index is 12.3. The first-order chi connectivity index (χ1) is 9.03. The van der Waals surface area contributed by atoms with E-state index in [9.17, 15) is 8.42 Å². The molecular formula is C13H19NO4S. The molecule has 1 saturated heterocycles. The molecule has 0 aromatic heterocycles. The number of sulfonamides is 1. The molecule has 1 aliphatic heterocycles. The van der Waals surface area contributed by atoms with Crippen LogP contribution in [0.15, 0.2) is 23.1 Å². The van der Waals surface area contributed by atoms with Crippen LogP contribution in [0.4, 0.5) is 0 Å². The third kappa shape index (κ3) is 3.54. The van der Waals surface area contributed by atoms with Crippen molar-refractivity contribution in [2.45, 2.75) is 37.3 Å². The number of nitrogens with one attached hydrogen (secondary N) is 1. The van der Waals surface area contributed by atoms with Gasteiger partial charge in [0.15, 0.2) is 0 Å². The average Bonchev–Trinajstić information content (AvgIpc) is 2.39. The zero-order valence-corrected chi connectivity index (χ0v) is 11.7. The van der Waals surface area contributed by atoms with E-state index in [-0.39, 0.29) is 17.5 Å². The summed E-state index contributed by atoms with van der Waals surface area (Å²) >= 11 is 0. The summed E-state index contributed by atoms with van der Waals surface area (Å²) in [5.74, 6) is 0. The van der Waals surface area contributed by atoms with Crippen LogP contribution < -0.4 is 4.72 Å². The van der Waals surface area contributed by atoms with Crippen molar-refractivity contribution in [3.63, 3.8) is 0 Å². The molecule has 0 spiro atoms. The van der Waals surface area contributed by atoms with Crippen molar-refractivity contribution in [1.82, 2.24) is 4.72 Å². The standard InChI is InChI=1S/C13H19NO4S/c1-10-4-5-11(8-15)7-13(10)19(16,17)14-12-3-2-6-18-9-12/h4-5,7,12,14-15H,2-3,6,8-9H2,1H3. The van der Waals surface area contributed by atoms with Crippen LogP contribution in [-0.4, -0.2) is 32.8 Å². The Kier molecular flexibility index (Phi) is 4.57. The lowest BCUT2D eigenvalue weighted by Gasteiger charge is -2.23. The van der Waals surface area contributed by atoms with Gasteiger partial charge < -0.3 is 9.84 Å². The summed E-state index contributed by atoms with van der Waals surface area (Å²) in [5, 5.41) is 9.10. The van der Waals surface area contributed by atoms with E-state index < -0.39 is 10.0 Å². The van der Waals surface area contributed by atoms with Crippen LogP contribution in [0.2, 0.25) is 0 Å². The summed E-state index contributed by atoms with van der Waals surface area (Å²) in [6.45, 7) is 2.68. The van der Waals surface area contributed by atoms with Gasteiger partial charge in [-0.2, -0.15) is 0 Å². The lowest BCUT2D eigenvalue weighted by molar-refractivity contribution is 0.0774. The first kappa shape index (κ1) is 14.5. The van der Waals surface area contributed by atoms with Crippen LogP contribution in [0, 0.1) is 6.92 Å². The summed E-state index contributed by atoms with van der Waals surface area (Å²) in [7, 11) is -3.56. The molecule has 2 rings (SSSR count). The van der Waals surface area contributed by atoms with Crippen LogP contribution in [0.3, 0.4) is 0 Å². The van der Waals surface area contributed by atoms with E-state index in [1.807, 2.05) is 0 Å². The monoisotopic (exact) mass is 285 g/mol. The summed E-state index contributed by atoms with van der Waals surface area (Å²) in [6, 6.07) is 4.77. The third-order valence-corrected chi connectivity index (χ3v) is 4.87. The summed E-state index contributed by atoms with van der Waals surface area (Å²) in [6.07, 6.45) is 1.65. The predicted octanol–water partition coefficient (Wildman–Crippen LogP) is 0.945. The van der Waals surface area contributed by atoms with Crippen LogP contribution in [0.5, 0.6) is 0 Å². The van der Waals surface area contributed by atoms with Gasteiger partial charge in [-0.25, -0.2) is 13.1 Å². The van der Waals surface area contributed by atoms with E-state index in [4.69, 9.17) is 9.84 Å². The van der Waals surface area contributed by atoms with Crippen molar-refractivity contribution in [2.75, 3.05) is 13.2 Å². The van der Waals surface area contributed by atoms with Gasteiger partial charge in [0.2, 0.25) is 10.0 Å². The molecule has 1 aliphatic rings. The molecule has 6 heteroatoms. The van der Waals surface area contributed by atoms with E-state index >= 15 is 0 Å². The van der Waals surface area contributed by atoms with E-state index in [0.717, 1.165) is 12.8 Å². The molecular weight excluding hydrogens is 266 g/mol. The summed E-state index contributed by atoms with van der Waals surface area (Å²) < 4.78 is 32.6. The van der Waals surface area contributed by atoms with Gasteiger partial charge in [-0.15, -0.1) is 0 Å². The second kappa shape index (κ2) is 6.00. The van der Waals surface area contributed by atoms with Crippen molar-refractivity contribution < 1.29 is 18.3 Å². The average molecular weight is 285 g/mol. The van der Waals surface area contributed by atoms with Crippen molar-refractivity contribution in [3.05, 3.63) is 29.3 Å². The Morgan fingerprint density at radius 1 is 1.47 bits per heavy atom. The largest absolute Gasteiger partial charge is 0.392 e. The molecule has 0 aliphatic carbocycles. The summed E-state index contributed by atoms with van der Waals surface area (Å²) in [5.41, 5.74) is 1.26. The molecule has 1 unspecified atom stereocenters. The highest BCUT2D eigenvalue weighted by Crippen LogP contribution is 2.18. The maximum Gasteiger partial charge on any atom is 0.241 e. The highest BCUT2D eigenvalue weighted by atomic mass is 32.2. The van der Waals surface area contributed by atoms with Gasteiger partial charge in [-0.1, -0.05) is 12.1 Å². The molecule has 0 amide bonds. The number of hydrogen-bond donors (Lipinski definition) is 2. The number of aliphatic hydroxyl groups is 1. The molecule has 1 atom stereocenters. The quantitative estimate of drug-likeness (QED) is 0.863. The number of rotatable bonds is 4. The Bertz CT molecular complexity index is 536. The molecule has 1 fully saturated rings. The predicted molar refractivity (Wildman–Crippen MR) is 71.3 cm³/mol. The molecule has 106 valence electrons. The highest BCUT2D eigenvalue weighted by molar-refractivity contribution is 7.89. The van der Waals surface area contributed by atoms with E-state index in [2.05, 4.69) is 4.72 Å². The van der Waals surface area contributed by atoms with Crippen LogP contribution in [0.25, 0.3) is 0 Å². The maximum absolute atomic E-state index is 12.3. The van der Waals surface area contributed by atoms with Crippen LogP contribution in [0.1, 0.15) is 24.0 Å². The molecule has 2 N–H and O–H groups in total. The molecule has 1 aromatic carbocycles. The number of hydrogen-bond acceptors (Lipinski definition) is 4. The van der Waals surface area contributed by atoms with Gasteiger partial charge in [0, 0.05) is 12.6 Å². The topological polar surface area (TPSA) is 75.6 Å². The minimum absolute atomic E-state index is 0.170. The first-order valence-electron chi connectivity index (χ1n) is 6.33. The minimum Gasteiger partial charge on any atom is -0.392 e. The Morgan fingerprint density at radius 2 is 2.26 bits per heavy atom. The molecule has 0 saturated carbocycles. The van der Waals surface area contributed by atoms with Gasteiger partial charge in [-0.3, -0.25) is 0 Å². The van der Waals surface area contributed by atoms with Gasteiger partial charge in [0.05, 0.1) is 18.1 Å². The minimum atomic E-state index is -3.56. The molecule has 19 heavy (non-hydrogen) atoms. The van der Waals surface area contributed by atoms with Crippen molar-refractivity contribution >= 4 is 10.0 Å². The lowest BCUT2D eigenvalue weighted by Crippen LogP contribution is -2.40. The molecule has 1 heterocycles. The number of aliphatic hydroxyl groups excluding tert-OH is 1. The highest BCUT2D eigenvalue weighted by Gasteiger charge is 2.23. The van der Waals surface area contributed by atoms with Crippen molar-refractivity contribution in [3.8, 4) is 0 Å². The Hall–Kier alpha value is -0.950. The molecule has 0 bridgehead atoms. The van der Waals surface area contributed by atoms with Crippen molar-refractivity contribution in [2.24, 2.45) is 0 Å². The zero-order valence-electron chi connectivity index (χ0n) is 10.9. The molecule has 1 aromatic rings. The number of ether oxygens (including phenoxy) is 1. The first-order valence-corrected chi connectivity index (χ1v) is 7.82. The fraction of sp³-hybridized carbons (Fsp3) is 0.538. The normalized spacial score (nSPS) is 20.4. The smallest absolute Gasteiger partial charge is 0.241 e. The second-order valence-corrected chi connectivity index (χ2v) is 6.48. The van der Waals surface area contributed by atoms with E-state index in [1.165, 1.54) is 6.07 Å². The Labute approximate surface area is 113 Å². The Morgan fingerprint density at radius 3 is 2.89 bits per heavy atom. The van der Waals surface area contributed by atoms with Gasteiger partial charge in [0.1, 0.15) is 0 Å². The fourth-order valence-corrected chi connectivity index (χ4v) is 3.70. The van der Waals surface area contributed by atoms with Gasteiger partial charge in [-0.05, 0) is 37.0 Å². The number of benzene rings is 1. The molecule has 0 radical (unpaired) electrons. The van der Waals surface area contributed by atoms with Crippen LogP contribution in [-0.2, 0) is 21.4 Å². The van der Waals surface area contributed by atoms with Gasteiger partial charge in [0.25, 0.3) is 0 Å².